The summed E-state index contributed by atoms with van der Waals surface area (Å²) < 4.78 is -0.178. The van der Waals surface area contributed by atoms with Crippen LogP contribution in [0.2, 0.25) is 0 Å². The quantitative estimate of drug-likeness (QED) is 0.807. The number of nitrogens with one attached hydrogen (secondary N) is 1. The van der Waals surface area contributed by atoms with E-state index < -0.39 is 0 Å². The zero-order chi connectivity index (χ0) is 11.0. The Hall–Kier alpha value is -0.810. The summed E-state index contributed by atoms with van der Waals surface area (Å²) in [4.78, 5) is 23.5. The number of hydrogen-bond donors (Lipinski definition) is 1. The van der Waals surface area contributed by atoms with Crippen LogP contribution in [0, 0.1) is 0 Å². The topological polar surface area (TPSA) is 46.2 Å². The minimum atomic E-state index is -0.178. The zero-order valence-corrected chi connectivity index (χ0v) is 10.3. The number of benzene rings is 1. The summed E-state index contributed by atoms with van der Waals surface area (Å²) in [5.74, 6) is -0.0216. The van der Waals surface area contributed by atoms with E-state index in [1.54, 1.807) is 12.1 Å². The molecule has 1 N–H and O–H groups in total. The molecule has 0 aromatic heterocycles. The lowest BCUT2D eigenvalue weighted by Crippen LogP contribution is -2.26. The Labute approximate surface area is 99.7 Å². The fraction of sp³-hybridized carbons (Fsp3) is 0.200. The highest BCUT2D eigenvalue weighted by atomic mass is 79.9. The number of rotatable bonds is 1. The average molecular weight is 286 g/mol. The van der Waals surface area contributed by atoms with Crippen LogP contribution < -0.4 is 5.32 Å². The lowest BCUT2D eigenvalue weighted by atomic mass is 10.2. The second-order valence-corrected chi connectivity index (χ2v) is 5.34. The lowest BCUT2D eigenvalue weighted by Gasteiger charge is -2.21. The molecule has 3 nitrogen and oxygen atoms in total. The van der Waals surface area contributed by atoms with Gasteiger partial charge in [0.1, 0.15) is 0 Å². The summed E-state index contributed by atoms with van der Waals surface area (Å²) in [6.07, 6.45) is 0. The zero-order valence-electron chi connectivity index (χ0n) is 7.91. The molecule has 1 aromatic carbocycles. The molecule has 0 saturated heterocycles. The van der Waals surface area contributed by atoms with E-state index in [1.165, 1.54) is 11.8 Å². The van der Waals surface area contributed by atoms with E-state index in [2.05, 4.69) is 21.2 Å². The molecule has 1 aromatic rings. The van der Waals surface area contributed by atoms with Crippen LogP contribution in [0.1, 0.15) is 17.3 Å². The van der Waals surface area contributed by atoms with Gasteiger partial charge in [0, 0.05) is 10.5 Å². The number of amides is 1. The van der Waals surface area contributed by atoms with Gasteiger partial charge in [0.05, 0.1) is 10.9 Å². The fourth-order valence-corrected chi connectivity index (χ4v) is 2.51. The van der Waals surface area contributed by atoms with Gasteiger partial charge < -0.3 is 5.32 Å². The van der Waals surface area contributed by atoms with E-state index >= 15 is 0 Å². The number of hydrogen-bond acceptors (Lipinski definition) is 3. The van der Waals surface area contributed by atoms with Crippen molar-refractivity contribution in [3.63, 3.8) is 0 Å². The van der Waals surface area contributed by atoms with Crippen LogP contribution in [-0.4, -0.2) is 15.8 Å². The molecule has 1 aliphatic rings. The van der Waals surface area contributed by atoms with Crippen LogP contribution in [0.4, 0.5) is 5.69 Å². The average Bonchev–Trinajstić information content (AvgIpc) is 2.19. The Bertz CT molecular complexity index is 447. The molecule has 1 atom stereocenters. The smallest absolute Gasteiger partial charge is 0.237 e. The monoisotopic (exact) mass is 285 g/mol. The predicted molar refractivity (Wildman–Crippen MR) is 63.6 cm³/mol. The van der Waals surface area contributed by atoms with Gasteiger partial charge in [-0.15, -0.1) is 11.8 Å². The molecule has 2 rings (SSSR count). The molecular formula is C10H8BrNO2S. The third-order valence-electron chi connectivity index (χ3n) is 2.14. The lowest BCUT2D eigenvalue weighted by molar-refractivity contribution is -0.115. The maximum absolute atomic E-state index is 11.4. The van der Waals surface area contributed by atoms with Crippen molar-refractivity contribution in [1.82, 2.24) is 0 Å². The summed E-state index contributed by atoms with van der Waals surface area (Å²) >= 11 is 4.38. The van der Waals surface area contributed by atoms with Crippen molar-refractivity contribution in [1.29, 1.82) is 0 Å². The van der Waals surface area contributed by atoms with E-state index in [0.717, 1.165) is 4.90 Å². The fourth-order valence-electron chi connectivity index (χ4n) is 1.33. The minimum absolute atomic E-state index is 0.0216. The van der Waals surface area contributed by atoms with Gasteiger partial charge in [-0.2, -0.15) is 0 Å². The van der Waals surface area contributed by atoms with E-state index in [1.807, 2.05) is 13.0 Å². The van der Waals surface area contributed by atoms with Crippen LogP contribution in [-0.2, 0) is 4.79 Å². The van der Waals surface area contributed by atoms with E-state index in [0.29, 0.717) is 11.3 Å². The van der Waals surface area contributed by atoms with Crippen molar-refractivity contribution in [2.75, 3.05) is 5.32 Å². The van der Waals surface area contributed by atoms with Crippen molar-refractivity contribution >= 4 is 44.0 Å². The van der Waals surface area contributed by atoms with E-state index in [-0.39, 0.29) is 15.8 Å². The first kappa shape index (κ1) is 10.7. The largest absolute Gasteiger partial charge is 0.324 e. The van der Waals surface area contributed by atoms with Crippen LogP contribution in [0.3, 0.4) is 0 Å². The van der Waals surface area contributed by atoms with E-state index in [4.69, 9.17) is 0 Å². The summed E-state index contributed by atoms with van der Waals surface area (Å²) in [6.45, 7) is 1.85. The molecule has 78 valence electrons. The van der Waals surface area contributed by atoms with Gasteiger partial charge in [-0.05, 0) is 41.1 Å². The molecule has 0 aliphatic carbocycles. The van der Waals surface area contributed by atoms with Gasteiger partial charge >= 0.3 is 0 Å². The highest BCUT2D eigenvalue weighted by Gasteiger charge is 2.23. The normalized spacial score (nSPS) is 19.3. The van der Waals surface area contributed by atoms with Gasteiger partial charge in [-0.3, -0.25) is 9.59 Å². The molecule has 5 heteroatoms. The Balaban J connectivity index is 2.41. The van der Waals surface area contributed by atoms with E-state index in [9.17, 15) is 9.59 Å². The molecule has 0 radical (unpaired) electrons. The van der Waals surface area contributed by atoms with Crippen molar-refractivity contribution in [3.05, 3.63) is 23.8 Å². The molecule has 1 heterocycles. The van der Waals surface area contributed by atoms with Crippen molar-refractivity contribution in [2.24, 2.45) is 0 Å². The molecule has 0 bridgehead atoms. The van der Waals surface area contributed by atoms with Gasteiger partial charge in [-0.1, -0.05) is 0 Å². The molecule has 1 unspecified atom stereocenters. The predicted octanol–water partition coefficient (Wildman–Crippen LogP) is 2.65. The van der Waals surface area contributed by atoms with Crippen LogP contribution in [0.15, 0.2) is 23.1 Å². The summed E-state index contributed by atoms with van der Waals surface area (Å²) in [5.41, 5.74) is 1.26. The van der Waals surface area contributed by atoms with Gasteiger partial charge in [0.25, 0.3) is 0 Å². The summed E-state index contributed by atoms with van der Waals surface area (Å²) in [6, 6.07) is 5.28. The molecule has 0 spiro atoms. The third-order valence-corrected chi connectivity index (χ3v) is 3.77. The molecule has 0 saturated carbocycles. The Morgan fingerprint density at radius 3 is 2.93 bits per heavy atom. The Morgan fingerprint density at radius 2 is 2.27 bits per heavy atom. The first-order valence-electron chi connectivity index (χ1n) is 4.39. The number of thioether (sulfide) groups is 1. The third kappa shape index (κ3) is 2.08. The maximum atomic E-state index is 11.4. The first-order chi connectivity index (χ1) is 7.08. The summed E-state index contributed by atoms with van der Waals surface area (Å²) in [7, 11) is 0. The first-order valence-corrected chi connectivity index (χ1v) is 6.06. The number of carbonyl (C=O) groups is 2. The molecule has 1 aliphatic heterocycles. The van der Waals surface area contributed by atoms with Gasteiger partial charge in [0.15, 0.2) is 0 Å². The van der Waals surface area contributed by atoms with Crippen molar-refractivity contribution in [2.45, 2.75) is 17.1 Å². The number of halogens is 1. The highest BCUT2D eigenvalue weighted by Crippen LogP contribution is 2.36. The highest BCUT2D eigenvalue weighted by molar-refractivity contribution is 9.18. The van der Waals surface area contributed by atoms with Crippen LogP contribution in [0.5, 0.6) is 0 Å². The van der Waals surface area contributed by atoms with Crippen LogP contribution in [0.25, 0.3) is 0 Å². The SMILES string of the molecule is CC1Sc2ccc(C(=O)Br)cc2NC1=O. The minimum Gasteiger partial charge on any atom is -0.324 e. The number of fused-ring (bicyclic) bond motifs is 1. The number of anilines is 1. The maximum Gasteiger partial charge on any atom is 0.237 e. The second-order valence-electron chi connectivity index (χ2n) is 3.23. The molecule has 15 heavy (non-hydrogen) atoms. The van der Waals surface area contributed by atoms with Crippen LogP contribution >= 0.6 is 27.7 Å². The Kier molecular flexibility index (Phi) is 2.84. The van der Waals surface area contributed by atoms with Crippen molar-refractivity contribution < 1.29 is 9.59 Å². The Morgan fingerprint density at radius 1 is 1.53 bits per heavy atom. The standard InChI is InChI=1S/C10H8BrNO2S/c1-5-10(14)12-7-4-6(9(11)13)2-3-8(7)15-5/h2-5H,1H3,(H,12,14). The molecule has 1 amide bonds. The van der Waals surface area contributed by atoms with Crippen molar-refractivity contribution in [3.8, 4) is 0 Å². The van der Waals surface area contributed by atoms with Gasteiger partial charge in [-0.25, -0.2) is 0 Å². The summed E-state index contributed by atoms with van der Waals surface area (Å²) in [5, 5.41) is 2.69. The van der Waals surface area contributed by atoms with Gasteiger partial charge in [0.2, 0.25) is 10.6 Å². The molecular weight excluding hydrogens is 278 g/mol. The molecule has 0 fully saturated rings. The second kappa shape index (κ2) is 3.98. The number of carbonyl (C=O) groups excluding carboxylic acids is 2.